The third-order valence-electron chi connectivity index (χ3n) is 3.85. The molecule has 0 saturated heterocycles. The van der Waals surface area contributed by atoms with Gasteiger partial charge in [-0.15, -0.1) is 10.2 Å². The van der Waals surface area contributed by atoms with Crippen molar-refractivity contribution in [2.24, 2.45) is 0 Å². The molecule has 0 bridgehead atoms. The Bertz CT molecular complexity index is 1040. The van der Waals surface area contributed by atoms with Crippen LogP contribution in [0.25, 0.3) is 10.6 Å². The van der Waals surface area contributed by atoms with Gasteiger partial charge in [0.1, 0.15) is 10.8 Å². The maximum atomic E-state index is 12.9. The molecule has 28 heavy (non-hydrogen) atoms. The van der Waals surface area contributed by atoms with Crippen LogP contribution in [0.5, 0.6) is 5.88 Å². The Morgan fingerprint density at radius 3 is 2.61 bits per heavy atom. The van der Waals surface area contributed by atoms with Crippen molar-refractivity contribution >= 4 is 22.3 Å². The number of hydrogen-bond acceptors (Lipinski definition) is 7. The van der Waals surface area contributed by atoms with Crippen molar-refractivity contribution in [3.63, 3.8) is 0 Å². The van der Waals surface area contributed by atoms with Crippen LogP contribution in [0, 0.1) is 5.82 Å². The van der Waals surface area contributed by atoms with Crippen LogP contribution < -0.4 is 10.1 Å². The van der Waals surface area contributed by atoms with Gasteiger partial charge in [0.15, 0.2) is 5.82 Å². The maximum absolute atomic E-state index is 12.9. The summed E-state index contributed by atoms with van der Waals surface area (Å²) in [4.78, 5) is 8.52. The number of rotatable bonds is 7. The summed E-state index contributed by atoms with van der Waals surface area (Å²) in [6, 6.07) is 16.2. The summed E-state index contributed by atoms with van der Waals surface area (Å²) in [5.74, 6) is 0.677. The number of ether oxygens (including phenoxy) is 1. The van der Waals surface area contributed by atoms with E-state index in [4.69, 9.17) is 4.74 Å². The van der Waals surface area contributed by atoms with E-state index < -0.39 is 0 Å². The smallest absolute Gasteiger partial charge is 0.234 e. The zero-order valence-corrected chi connectivity index (χ0v) is 15.6. The van der Waals surface area contributed by atoms with Crippen LogP contribution in [-0.2, 0) is 6.42 Å². The second-order valence-corrected chi connectivity index (χ2v) is 6.85. The molecule has 0 saturated carbocycles. The number of nitrogens with one attached hydrogen (secondary N) is 1. The maximum Gasteiger partial charge on any atom is 0.234 e. The predicted octanol–water partition coefficient (Wildman–Crippen LogP) is 4.50. The minimum Gasteiger partial charge on any atom is -0.476 e. The molecule has 2 heterocycles. The molecule has 2 aromatic carbocycles. The zero-order valence-electron chi connectivity index (χ0n) is 14.7. The predicted molar refractivity (Wildman–Crippen MR) is 106 cm³/mol. The summed E-state index contributed by atoms with van der Waals surface area (Å²) in [6.45, 7) is 0.417. The van der Waals surface area contributed by atoms with Crippen molar-refractivity contribution in [2.75, 3.05) is 11.9 Å². The third kappa shape index (κ3) is 4.66. The van der Waals surface area contributed by atoms with Gasteiger partial charge >= 0.3 is 0 Å². The second kappa shape index (κ2) is 8.53. The first kappa shape index (κ1) is 18.0. The highest BCUT2D eigenvalue weighted by atomic mass is 32.1. The van der Waals surface area contributed by atoms with Crippen LogP contribution in [0.2, 0.25) is 0 Å². The summed E-state index contributed by atoms with van der Waals surface area (Å²) >= 11 is 1.43. The Kier molecular flexibility index (Phi) is 5.48. The van der Waals surface area contributed by atoms with Crippen molar-refractivity contribution in [3.8, 4) is 16.5 Å². The van der Waals surface area contributed by atoms with Gasteiger partial charge in [0.2, 0.25) is 11.0 Å². The van der Waals surface area contributed by atoms with Gasteiger partial charge in [-0.2, -0.15) is 4.98 Å². The van der Waals surface area contributed by atoms with Gasteiger partial charge in [-0.25, -0.2) is 4.39 Å². The fourth-order valence-corrected chi connectivity index (χ4v) is 3.24. The molecule has 2 aromatic heterocycles. The van der Waals surface area contributed by atoms with Gasteiger partial charge in [-0.05, 0) is 17.7 Å². The quantitative estimate of drug-likeness (QED) is 0.498. The Hall–Kier alpha value is -3.39. The number of aromatic nitrogens is 4. The van der Waals surface area contributed by atoms with Gasteiger partial charge < -0.3 is 10.1 Å². The lowest BCUT2D eigenvalue weighted by Gasteiger charge is -2.07. The topological polar surface area (TPSA) is 72.8 Å². The van der Waals surface area contributed by atoms with Crippen LogP contribution in [0.15, 0.2) is 67.0 Å². The molecule has 4 aromatic rings. The summed E-state index contributed by atoms with van der Waals surface area (Å²) in [7, 11) is 0. The van der Waals surface area contributed by atoms with E-state index in [0.717, 1.165) is 16.1 Å². The lowest BCUT2D eigenvalue weighted by Crippen LogP contribution is -2.04. The summed E-state index contributed by atoms with van der Waals surface area (Å²) in [5, 5.41) is 12.9. The Morgan fingerprint density at radius 1 is 0.964 bits per heavy atom. The van der Waals surface area contributed by atoms with Crippen LogP contribution in [-0.4, -0.2) is 26.8 Å². The molecule has 6 nitrogen and oxygen atoms in total. The average molecular weight is 393 g/mol. The van der Waals surface area contributed by atoms with Crippen LogP contribution in [0.3, 0.4) is 0 Å². The average Bonchev–Trinajstić information content (AvgIpc) is 3.19. The summed E-state index contributed by atoms with van der Waals surface area (Å²) in [5.41, 5.74) is 2.00. The van der Waals surface area contributed by atoms with Crippen LogP contribution in [0.1, 0.15) is 5.56 Å². The van der Waals surface area contributed by atoms with E-state index in [0.29, 0.717) is 29.9 Å². The van der Waals surface area contributed by atoms with E-state index in [2.05, 4.69) is 25.5 Å². The molecule has 0 radical (unpaired) electrons. The number of nitrogens with zero attached hydrogens (tertiary/aromatic N) is 4. The van der Waals surface area contributed by atoms with E-state index in [9.17, 15) is 4.39 Å². The molecule has 0 aliphatic heterocycles. The normalized spacial score (nSPS) is 10.6. The Labute approximate surface area is 165 Å². The Balaban J connectivity index is 1.36. The summed E-state index contributed by atoms with van der Waals surface area (Å²) in [6.07, 6.45) is 3.79. The first-order valence-electron chi connectivity index (χ1n) is 8.61. The van der Waals surface area contributed by atoms with E-state index in [1.54, 1.807) is 24.5 Å². The molecule has 0 spiro atoms. The molecule has 0 aliphatic rings. The fourth-order valence-electron chi connectivity index (χ4n) is 2.48. The fraction of sp³-hybridized carbons (Fsp3) is 0.100. The number of benzene rings is 2. The minimum atomic E-state index is -0.249. The number of anilines is 2. The lowest BCUT2D eigenvalue weighted by atomic mass is 10.2. The van der Waals surface area contributed by atoms with Crippen molar-refractivity contribution < 1.29 is 9.13 Å². The van der Waals surface area contributed by atoms with E-state index in [-0.39, 0.29) is 5.82 Å². The lowest BCUT2D eigenvalue weighted by molar-refractivity contribution is 0.308. The molecule has 0 unspecified atom stereocenters. The first-order chi connectivity index (χ1) is 13.8. The second-order valence-electron chi connectivity index (χ2n) is 5.87. The zero-order chi connectivity index (χ0) is 19.2. The van der Waals surface area contributed by atoms with Crippen LogP contribution >= 0.6 is 11.3 Å². The van der Waals surface area contributed by atoms with E-state index in [1.165, 1.54) is 23.5 Å². The van der Waals surface area contributed by atoms with Gasteiger partial charge in [-0.1, -0.05) is 53.8 Å². The van der Waals surface area contributed by atoms with Gasteiger partial charge in [0.05, 0.1) is 19.0 Å². The highest BCUT2D eigenvalue weighted by Crippen LogP contribution is 2.27. The molecule has 0 fully saturated rings. The van der Waals surface area contributed by atoms with E-state index in [1.807, 2.05) is 30.3 Å². The minimum absolute atomic E-state index is 0.249. The number of halogens is 1. The van der Waals surface area contributed by atoms with Gasteiger partial charge in [0, 0.05) is 12.0 Å². The molecular formula is C20H16FN5OS. The van der Waals surface area contributed by atoms with E-state index >= 15 is 0 Å². The SMILES string of the molecule is Fc1ccc(CCOc2cncc(Nc3nnc(-c4ccccc4)s3)n2)cc1. The molecule has 1 N–H and O–H groups in total. The van der Waals surface area contributed by atoms with Crippen molar-refractivity contribution in [2.45, 2.75) is 6.42 Å². The van der Waals surface area contributed by atoms with Crippen molar-refractivity contribution in [1.82, 2.24) is 20.2 Å². The first-order valence-corrected chi connectivity index (χ1v) is 9.43. The standard InChI is InChI=1S/C20H16FN5OS/c21-16-8-6-14(7-9-16)10-11-27-18-13-22-12-17(23-18)24-20-26-25-19(28-20)15-4-2-1-3-5-15/h1-9,12-13H,10-11H2,(H,23,24,26). The van der Waals surface area contributed by atoms with Gasteiger partial charge in [0.25, 0.3) is 0 Å². The molecular weight excluding hydrogens is 377 g/mol. The number of hydrogen-bond donors (Lipinski definition) is 1. The van der Waals surface area contributed by atoms with Gasteiger partial charge in [-0.3, -0.25) is 4.98 Å². The summed E-state index contributed by atoms with van der Waals surface area (Å²) < 4.78 is 18.6. The van der Waals surface area contributed by atoms with Crippen LogP contribution in [0.4, 0.5) is 15.3 Å². The van der Waals surface area contributed by atoms with Crippen molar-refractivity contribution in [1.29, 1.82) is 0 Å². The molecule has 8 heteroatoms. The molecule has 140 valence electrons. The molecule has 0 atom stereocenters. The third-order valence-corrected chi connectivity index (χ3v) is 4.73. The molecule has 0 amide bonds. The largest absolute Gasteiger partial charge is 0.476 e. The Morgan fingerprint density at radius 2 is 1.79 bits per heavy atom. The molecule has 4 rings (SSSR count). The highest BCUT2D eigenvalue weighted by Gasteiger charge is 2.08. The van der Waals surface area contributed by atoms with Crippen molar-refractivity contribution in [3.05, 3.63) is 78.4 Å². The monoisotopic (exact) mass is 393 g/mol. The molecule has 0 aliphatic carbocycles. The highest BCUT2D eigenvalue weighted by molar-refractivity contribution is 7.18.